The van der Waals surface area contributed by atoms with Crippen molar-refractivity contribution < 1.29 is 4.79 Å². The largest absolute Gasteiger partial charge is 0.294 e. The van der Waals surface area contributed by atoms with Crippen molar-refractivity contribution in [2.75, 3.05) is 0 Å². The van der Waals surface area contributed by atoms with Gasteiger partial charge in [-0.25, -0.2) is 0 Å². The zero-order valence-corrected chi connectivity index (χ0v) is 12.4. The van der Waals surface area contributed by atoms with Gasteiger partial charge in [-0.15, -0.1) is 0 Å². The second-order valence-corrected chi connectivity index (χ2v) is 6.10. The van der Waals surface area contributed by atoms with Crippen molar-refractivity contribution in [3.63, 3.8) is 0 Å². The lowest BCUT2D eigenvalue weighted by Crippen LogP contribution is -2.04. The van der Waals surface area contributed by atoms with Crippen LogP contribution in [0.4, 0.5) is 0 Å². The predicted molar refractivity (Wildman–Crippen MR) is 82.5 cm³/mol. The molecule has 0 radical (unpaired) electrons. The first-order chi connectivity index (χ1) is 9.56. The lowest BCUT2D eigenvalue weighted by Gasteiger charge is -2.05. The molecule has 0 N–H and O–H groups in total. The van der Waals surface area contributed by atoms with Crippen LogP contribution in [0.15, 0.2) is 42.5 Å². The van der Waals surface area contributed by atoms with Crippen LogP contribution in [0.3, 0.4) is 0 Å². The zero-order chi connectivity index (χ0) is 14.3. The van der Waals surface area contributed by atoms with Crippen molar-refractivity contribution in [1.29, 1.82) is 0 Å². The first-order valence-corrected chi connectivity index (χ1v) is 7.31. The molecule has 1 fully saturated rings. The van der Waals surface area contributed by atoms with Gasteiger partial charge in [0.25, 0.3) is 0 Å². The van der Waals surface area contributed by atoms with Crippen LogP contribution in [-0.4, -0.2) is 5.78 Å². The van der Waals surface area contributed by atoms with E-state index in [2.05, 4.69) is 13.8 Å². The Balaban J connectivity index is 1.77. The number of hydrogen-bond donors (Lipinski definition) is 0. The molecule has 0 bridgehead atoms. The third kappa shape index (κ3) is 2.51. The molecule has 1 nitrogen and oxygen atoms in total. The number of rotatable bonds is 3. The Morgan fingerprint density at radius 1 is 1.05 bits per heavy atom. The molecule has 0 spiro atoms. The first kappa shape index (κ1) is 13.4. The number of carbonyl (C=O) groups excluding carboxylic acids is 1. The van der Waals surface area contributed by atoms with Crippen molar-refractivity contribution in [1.82, 2.24) is 0 Å². The number of aryl methyl sites for hydroxylation is 2. The fourth-order valence-corrected chi connectivity index (χ4v) is 2.80. The summed E-state index contributed by atoms with van der Waals surface area (Å²) < 4.78 is 0. The topological polar surface area (TPSA) is 17.1 Å². The normalized spacial score (nSPS) is 20.8. The van der Waals surface area contributed by atoms with E-state index in [1.165, 1.54) is 16.7 Å². The highest BCUT2D eigenvalue weighted by atomic mass is 35.5. The minimum absolute atomic E-state index is 0.137. The molecule has 0 amide bonds. The van der Waals surface area contributed by atoms with Crippen LogP contribution in [0, 0.1) is 19.8 Å². The van der Waals surface area contributed by atoms with Crippen LogP contribution in [0.25, 0.3) is 0 Å². The summed E-state index contributed by atoms with van der Waals surface area (Å²) in [6.45, 7) is 4.12. The summed E-state index contributed by atoms with van der Waals surface area (Å²) in [5, 5.41) is 0.742. The molecule has 3 rings (SSSR count). The van der Waals surface area contributed by atoms with Crippen LogP contribution in [0.5, 0.6) is 0 Å². The second kappa shape index (κ2) is 5.06. The van der Waals surface area contributed by atoms with Gasteiger partial charge in [0.1, 0.15) is 0 Å². The van der Waals surface area contributed by atoms with Gasteiger partial charge in [0, 0.05) is 16.5 Å². The van der Waals surface area contributed by atoms with E-state index in [4.69, 9.17) is 11.6 Å². The van der Waals surface area contributed by atoms with Crippen LogP contribution in [0.1, 0.15) is 39.4 Å². The van der Waals surface area contributed by atoms with Crippen molar-refractivity contribution in [3.8, 4) is 0 Å². The molecule has 0 aromatic heterocycles. The minimum atomic E-state index is 0.137. The fraction of sp³-hybridized carbons (Fsp3) is 0.278. The van der Waals surface area contributed by atoms with Gasteiger partial charge in [-0.05, 0) is 61.1 Å². The number of Topliss-reactive ketones (excluding diaryl/α,β-unsaturated/α-hetero) is 1. The van der Waals surface area contributed by atoms with E-state index >= 15 is 0 Å². The van der Waals surface area contributed by atoms with E-state index < -0.39 is 0 Å². The molecule has 2 atom stereocenters. The highest BCUT2D eigenvalue weighted by Gasteiger charge is 2.43. The molecule has 2 unspecified atom stereocenters. The molecule has 1 aliphatic carbocycles. The summed E-state index contributed by atoms with van der Waals surface area (Å²) in [7, 11) is 0. The SMILES string of the molecule is Cc1ccc(C(=O)C2CC2c2ccc(Cl)cc2)cc1C. The van der Waals surface area contributed by atoms with Crippen LogP contribution in [0.2, 0.25) is 5.02 Å². The van der Waals surface area contributed by atoms with Gasteiger partial charge in [0.05, 0.1) is 0 Å². The zero-order valence-electron chi connectivity index (χ0n) is 11.7. The summed E-state index contributed by atoms with van der Waals surface area (Å²) in [5.41, 5.74) is 4.47. The smallest absolute Gasteiger partial charge is 0.166 e. The second-order valence-electron chi connectivity index (χ2n) is 5.66. The first-order valence-electron chi connectivity index (χ1n) is 6.93. The Kier molecular flexibility index (Phi) is 3.39. The molecule has 1 saturated carbocycles. The van der Waals surface area contributed by atoms with E-state index in [1.807, 2.05) is 42.5 Å². The molecule has 2 aromatic carbocycles. The van der Waals surface area contributed by atoms with Gasteiger partial charge in [0.2, 0.25) is 0 Å². The van der Waals surface area contributed by atoms with Gasteiger partial charge in [-0.1, -0.05) is 35.9 Å². The van der Waals surface area contributed by atoms with Gasteiger partial charge < -0.3 is 0 Å². The Morgan fingerprint density at radius 2 is 1.75 bits per heavy atom. The standard InChI is InChI=1S/C18H17ClO/c1-11-3-4-14(9-12(11)2)18(20)17-10-16(17)13-5-7-15(19)8-6-13/h3-9,16-17H,10H2,1-2H3. The van der Waals surface area contributed by atoms with Crippen LogP contribution < -0.4 is 0 Å². The summed E-state index contributed by atoms with van der Waals surface area (Å²) in [6.07, 6.45) is 0.952. The highest BCUT2D eigenvalue weighted by Crippen LogP contribution is 2.49. The Labute approximate surface area is 124 Å². The molecule has 0 aliphatic heterocycles. The van der Waals surface area contributed by atoms with Gasteiger partial charge in [0.15, 0.2) is 5.78 Å². The monoisotopic (exact) mass is 284 g/mol. The van der Waals surface area contributed by atoms with Crippen molar-refractivity contribution >= 4 is 17.4 Å². The summed E-state index contributed by atoms with van der Waals surface area (Å²) >= 11 is 5.90. The molecule has 20 heavy (non-hydrogen) atoms. The summed E-state index contributed by atoms with van der Waals surface area (Å²) in [5.74, 6) is 0.771. The minimum Gasteiger partial charge on any atom is -0.294 e. The van der Waals surface area contributed by atoms with E-state index in [-0.39, 0.29) is 11.7 Å². The predicted octanol–water partition coefficient (Wildman–Crippen LogP) is 4.94. The third-order valence-electron chi connectivity index (χ3n) is 4.22. The molecular formula is C18H17ClO. The van der Waals surface area contributed by atoms with Crippen LogP contribution >= 0.6 is 11.6 Å². The maximum Gasteiger partial charge on any atom is 0.166 e. The molecule has 0 heterocycles. The van der Waals surface area contributed by atoms with Crippen molar-refractivity contribution in [3.05, 3.63) is 69.7 Å². The average molecular weight is 285 g/mol. The Bertz CT molecular complexity index is 658. The van der Waals surface area contributed by atoms with Crippen molar-refractivity contribution in [2.24, 2.45) is 5.92 Å². The summed E-state index contributed by atoms with van der Waals surface area (Å²) in [4.78, 5) is 12.5. The van der Waals surface area contributed by atoms with E-state index in [0.29, 0.717) is 5.92 Å². The quantitative estimate of drug-likeness (QED) is 0.729. The van der Waals surface area contributed by atoms with E-state index in [0.717, 1.165) is 17.0 Å². The number of ketones is 1. The van der Waals surface area contributed by atoms with E-state index in [1.54, 1.807) is 0 Å². The lowest BCUT2D eigenvalue weighted by molar-refractivity contribution is 0.0965. The van der Waals surface area contributed by atoms with Crippen molar-refractivity contribution in [2.45, 2.75) is 26.2 Å². The maximum atomic E-state index is 12.5. The van der Waals surface area contributed by atoms with Crippen LogP contribution in [-0.2, 0) is 0 Å². The molecule has 0 saturated heterocycles. The summed E-state index contributed by atoms with van der Waals surface area (Å²) in [6, 6.07) is 13.8. The molecule has 1 aliphatic rings. The van der Waals surface area contributed by atoms with E-state index in [9.17, 15) is 4.79 Å². The number of hydrogen-bond acceptors (Lipinski definition) is 1. The van der Waals surface area contributed by atoms with Gasteiger partial charge in [-0.2, -0.15) is 0 Å². The van der Waals surface area contributed by atoms with Gasteiger partial charge in [-0.3, -0.25) is 4.79 Å². The molecular weight excluding hydrogens is 268 g/mol. The fourth-order valence-electron chi connectivity index (χ4n) is 2.67. The average Bonchev–Trinajstić information content (AvgIpc) is 3.22. The number of carbonyl (C=O) groups is 1. The molecule has 2 aromatic rings. The Morgan fingerprint density at radius 3 is 2.40 bits per heavy atom. The Hall–Kier alpha value is -1.60. The third-order valence-corrected chi connectivity index (χ3v) is 4.47. The number of halogens is 1. The lowest BCUT2D eigenvalue weighted by atomic mass is 9.99. The number of benzene rings is 2. The van der Waals surface area contributed by atoms with Gasteiger partial charge >= 0.3 is 0 Å². The molecule has 102 valence electrons. The highest BCUT2D eigenvalue weighted by molar-refractivity contribution is 6.30. The molecule has 2 heteroatoms. The maximum absolute atomic E-state index is 12.5.